The fraction of sp³-hybridized carbons (Fsp3) is 0.632. The number of phenolic OH excluding ortho intramolecular Hbond substituents is 1. The Kier molecular flexibility index (Phi) is 3.54. The van der Waals surface area contributed by atoms with Crippen molar-refractivity contribution in [3.8, 4) is 5.75 Å². The zero-order valence-corrected chi connectivity index (χ0v) is 14.1. The number of aromatic hydroxyl groups is 1. The molecule has 0 spiro atoms. The Balaban J connectivity index is 1.79. The van der Waals surface area contributed by atoms with Crippen molar-refractivity contribution in [1.29, 1.82) is 0 Å². The van der Waals surface area contributed by atoms with E-state index in [4.69, 9.17) is 12.2 Å². The zero-order valence-electron chi connectivity index (χ0n) is 13.3. The molecule has 2 N–H and O–H groups in total. The van der Waals surface area contributed by atoms with Gasteiger partial charge in [0.15, 0.2) is 0 Å². The third-order valence-electron chi connectivity index (χ3n) is 6.70. The van der Waals surface area contributed by atoms with E-state index in [2.05, 4.69) is 6.92 Å². The monoisotopic (exact) mass is 334 g/mol. The predicted molar refractivity (Wildman–Crippen MR) is 91.5 cm³/mol. The maximum Gasteiger partial charge on any atom is 0.115 e. The summed E-state index contributed by atoms with van der Waals surface area (Å²) in [6.07, 6.45) is 1.60. The quantitative estimate of drug-likeness (QED) is 0.768. The Hall–Kier alpha value is -1.00. The molecule has 0 aliphatic heterocycles. The average molecular weight is 334 g/mol. The van der Waals surface area contributed by atoms with E-state index in [1.165, 1.54) is 0 Å². The molecule has 0 heterocycles. The number of thiocarbonyl (C=S) groups is 1. The molecule has 3 aliphatic carbocycles. The molecule has 4 heteroatoms. The Labute approximate surface area is 141 Å². The van der Waals surface area contributed by atoms with Crippen LogP contribution >= 0.6 is 12.2 Å². The average Bonchev–Trinajstić information content (AvgIpc) is 2.75. The number of rotatable bonds is 1. The summed E-state index contributed by atoms with van der Waals surface area (Å²) in [5.74, 6) is 0.608. The lowest BCUT2D eigenvalue weighted by atomic mass is 9.54. The van der Waals surface area contributed by atoms with Gasteiger partial charge in [-0.15, -0.1) is 0 Å². The Bertz CT molecular complexity index is 648. The van der Waals surface area contributed by atoms with E-state index in [0.717, 1.165) is 24.0 Å². The van der Waals surface area contributed by atoms with Crippen LogP contribution in [0, 0.1) is 23.2 Å². The first-order chi connectivity index (χ1) is 10.9. The normalized spacial score (nSPS) is 45.0. The van der Waals surface area contributed by atoms with Crippen LogP contribution in [0.1, 0.15) is 43.2 Å². The number of fused-ring (bicyclic) bond motifs is 5. The highest BCUT2D eigenvalue weighted by Crippen LogP contribution is 2.63. The largest absolute Gasteiger partial charge is 0.508 e. The number of halogens is 1. The molecule has 0 radical (unpaired) electrons. The van der Waals surface area contributed by atoms with Crippen molar-refractivity contribution in [2.75, 3.05) is 0 Å². The number of phenols is 1. The van der Waals surface area contributed by atoms with Crippen molar-refractivity contribution in [3.63, 3.8) is 0 Å². The van der Waals surface area contributed by atoms with Crippen LogP contribution in [-0.4, -0.2) is 27.9 Å². The van der Waals surface area contributed by atoms with Crippen LogP contribution in [0.15, 0.2) is 18.2 Å². The minimum Gasteiger partial charge on any atom is -0.508 e. The standard InChI is InChI=1S/C19H23FO2S/c1-19-7-15(20)17-12-5-3-11(21)6-10(12)2-4-13(17)18(19)14(9-23)16(22)8-19/h3,5-6,9,13-18,21-22H,2,4,7-8H2,1H3/t13-,14+,15+,16-,17-,18-,19-/m1/s1. The summed E-state index contributed by atoms with van der Waals surface area (Å²) in [5, 5.41) is 21.9. The second kappa shape index (κ2) is 5.25. The number of hydrogen-bond donors (Lipinski definition) is 2. The van der Waals surface area contributed by atoms with Crippen LogP contribution in [0.4, 0.5) is 4.39 Å². The van der Waals surface area contributed by atoms with E-state index in [9.17, 15) is 10.2 Å². The molecule has 0 aromatic heterocycles. The first-order valence-electron chi connectivity index (χ1n) is 8.54. The summed E-state index contributed by atoms with van der Waals surface area (Å²) in [5.41, 5.74) is 1.97. The van der Waals surface area contributed by atoms with E-state index in [-0.39, 0.29) is 34.8 Å². The minimum atomic E-state index is -0.888. The summed E-state index contributed by atoms with van der Waals surface area (Å²) in [4.78, 5) is 0. The molecule has 7 atom stereocenters. The molecule has 1 aromatic carbocycles. The lowest BCUT2D eigenvalue weighted by Crippen LogP contribution is -2.47. The first-order valence-corrected chi connectivity index (χ1v) is 9.01. The molecule has 2 nitrogen and oxygen atoms in total. The molecule has 2 fully saturated rings. The molecule has 0 amide bonds. The van der Waals surface area contributed by atoms with Gasteiger partial charge in [-0.1, -0.05) is 25.2 Å². The van der Waals surface area contributed by atoms with Crippen molar-refractivity contribution in [2.24, 2.45) is 23.2 Å². The number of aliphatic hydroxyl groups is 1. The fourth-order valence-electron chi connectivity index (χ4n) is 5.96. The van der Waals surface area contributed by atoms with Gasteiger partial charge in [0.2, 0.25) is 0 Å². The van der Waals surface area contributed by atoms with Gasteiger partial charge in [0.05, 0.1) is 6.10 Å². The van der Waals surface area contributed by atoms with Crippen LogP contribution in [0.5, 0.6) is 5.75 Å². The van der Waals surface area contributed by atoms with Gasteiger partial charge in [-0.2, -0.15) is 0 Å². The molecule has 23 heavy (non-hydrogen) atoms. The van der Waals surface area contributed by atoms with Gasteiger partial charge in [0.1, 0.15) is 11.9 Å². The third kappa shape index (κ3) is 2.18. The van der Waals surface area contributed by atoms with Crippen LogP contribution in [0.25, 0.3) is 0 Å². The summed E-state index contributed by atoms with van der Waals surface area (Å²) in [6, 6.07) is 5.35. The molecule has 1 aromatic rings. The second-order valence-electron chi connectivity index (χ2n) is 8.00. The molecule has 0 saturated heterocycles. The van der Waals surface area contributed by atoms with Crippen LogP contribution in [0.3, 0.4) is 0 Å². The summed E-state index contributed by atoms with van der Waals surface area (Å²) in [6.45, 7) is 2.13. The van der Waals surface area contributed by atoms with E-state index in [1.54, 1.807) is 17.5 Å². The van der Waals surface area contributed by atoms with Crippen LogP contribution in [0.2, 0.25) is 0 Å². The SMILES string of the molecule is C[C@@]12C[C@@H](O)[C@H](C=S)[C@H]1[C@@H]1CCc3cc(O)ccc3[C@H]1[C@@H](F)C2. The van der Waals surface area contributed by atoms with E-state index in [1.807, 2.05) is 6.07 Å². The van der Waals surface area contributed by atoms with Crippen LogP contribution < -0.4 is 0 Å². The van der Waals surface area contributed by atoms with Gasteiger partial charge in [-0.3, -0.25) is 0 Å². The van der Waals surface area contributed by atoms with Gasteiger partial charge < -0.3 is 10.2 Å². The molecule has 0 bridgehead atoms. The topological polar surface area (TPSA) is 40.5 Å². The number of aryl methyl sites for hydroxylation is 1. The van der Waals surface area contributed by atoms with E-state index >= 15 is 4.39 Å². The summed E-state index contributed by atoms with van der Waals surface area (Å²) in [7, 11) is 0. The lowest BCUT2D eigenvalue weighted by molar-refractivity contribution is -0.00594. The predicted octanol–water partition coefficient (Wildman–Crippen LogP) is 3.78. The summed E-state index contributed by atoms with van der Waals surface area (Å²) >= 11 is 5.21. The lowest BCUT2D eigenvalue weighted by Gasteiger charge is -2.51. The van der Waals surface area contributed by atoms with Gasteiger partial charge in [-0.25, -0.2) is 4.39 Å². The molecule has 0 unspecified atom stereocenters. The Morgan fingerprint density at radius 2 is 2.13 bits per heavy atom. The van der Waals surface area contributed by atoms with Crippen molar-refractivity contribution in [1.82, 2.24) is 0 Å². The number of benzene rings is 1. The Morgan fingerprint density at radius 3 is 2.87 bits per heavy atom. The van der Waals surface area contributed by atoms with Gasteiger partial charge >= 0.3 is 0 Å². The van der Waals surface area contributed by atoms with E-state index in [0.29, 0.717) is 12.8 Å². The second-order valence-corrected chi connectivity index (χ2v) is 8.27. The highest BCUT2D eigenvalue weighted by Gasteiger charge is 2.59. The molecule has 3 aliphatic rings. The van der Waals surface area contributed by atoms with Gasteiger partial charge in [0.25, 0.3) is 0 Å². The summed E-state index contributed by atoms with van der Waals surface area (Å²) < 4.78 is 15.2. The van der Waals surface area contributed by atoms with Crippen molar-refractivity contribution in [3.05, 3.63) is 29.3 Å². The minimum absolute atomic E-state index is 0.00587. The third-order valence-corrected chi connectivity index (χ3v) is 7.02. The number of alkyl halides is 1. The molecule has 2 saturated carbocycles. The maximum absolute atomic E-state index is 15.2. The molecule has 124 valence electrons. The first kappa shape index (κ1) is 15.5. The highest BCUT2D eigenvalue weighted by atomic mass is 32.1. The van der Waals surface area contributed by atoms with Gasteiger partial charge in [0, 0.05) is 11.8 Å². The van der Waals surface area contributed by atoms with Crippen LogP contribution in [-0.2, 0) is 6.42 Å². The fourth-order valence-corrected chi connectivity index (χ4v) is 6.31. The maximum atomic E-state index is 15.2. The van der Waals surface area contributed by atoms with Crippen molar-refractivity contribution in [2.45, 2.75) is 50.8 Å². The highest BCUT2D eigenvalue weighted by molar-refractivity contribution is 7.79. The van der Waals surface area contributed by atoms with Crippen molar-refractivity contribution >= 4 is 17.6 Å². The smallest absolute Gasteiger partial charge is 0.115 e. The molecular weight excluding hydrogens is 311 g/mol. The number of aliphatic hydroxyl groups excluding tert-OH is 1. The zero-order chi connectivity index (χ0) is 16.4. The number of hydrogen-bond acceptors (Lipinski definition) is 3. The Morgan fingerprint density at radius 1 is 1.35 bits per heavy atom. The van der Waals surface area contributed by atoms with Gasteiger partial charge in [-0.05, 0) is 71.6 Å². The molecular formula is C19H23FO2S. The van der Waals surface area contributed by atoms with Crippen molar-refractivity contribution < 1.29 is 14.6 Å². The van der Waals surface area contributed by atoms with E-state index < -0.39 is 12.3 Å². The molecule has 4 rings (SSSR count).